The van der Waals surface area contributed by atoms with Gasteiger partial charge in [0.15, 0.2) is 5.16 Å². The van der Waals surface area contributed by atoms with Gasteiger partial charge in [-0.2, -0.15) is 0 Å². The Morgan fingerprint density at radius 2 is 1.96 bits per heavy atom. The zero-order valence-corrected chi connectivity index (χ0v) is 16.1. The van der Waals surface area contributed by atoms with Gasteiger partial charge in [0.2, 0.25) is 5.91 Å². The van der Waals surface area contributed by atoms with Crippen LogP contribution < -0.4 is 5.32 Å². The summed E-state index contributed by atoms with van der Waals surface area (Å²) in [4.78, 5) is 12.4. The average molecular weight is 387 g/mol. The Hall–Kier alpha value is -2.31. The van der Waals surface area contributed by atoms with Gasteiger partial charge in [-0.3, -0.25) is 9.36 Å². The molecule has 7 heteroatoms. The number of halogens is 1. The topological polar surface area (TPSA) is 59.8 Å². The molecular formula is C19H19ClN4OS. The van der Waals surface area contributed by atoms with Crippen molar-refractivity contribution in [2.45, 2.75) is 30.8 Å². The van der Waals surface area contributed by atoms with Crippen molar-refractivity contribution in [2.24, 2.45) is 0 Å². The Morgan fingerprint density at radius 1 is 1.23 bits per heavy atom. The highest BCUT2D eigenvalue weighted by molar-refractivity contribution is 8.00. The average Bonchev–Trinajstić information content (AvgIpc) is 3.09. The van der Waals surface area contributed by atoms with Crippen molar-refractivity contribution in [3.05, 3.63) is 71.0 Å². The summed E-state index contributed by atoms with van der Waals surface area (Å²) in [5.41, 5.74) is 3.01. The molecule has 1 heterocycles. The first-order valence-corrected chi connectivity index (χ1v) is 9.46. The molecule has 0 saturated heterocycles. The van der Waals surface area contributed by atoms with E-state index in [1.54, 1.807) is 6.33 Å². The van der Waals surface area contributed by atoms with Gasteiger partial charge >= 0.3 is 0 Å². The molecule has 0 spiro atoms. The molecule has 0 saturated carbocycles. The summed E-state index contributed by atoms with van der Waals surface area (Å²) in [6.45, 7) is 4.28. The highest BCUT2D eigenvalue weighted by Gasteiger charge is 2.19. The number of nitrogens with one attached hydrogen (secondary N) is 1. The summed E-state index contributed by atoms with van der Waals surface area (Å²) >= 11 is 7.50. The summed E-state index contributed by atoms with van der Waals surface area (Å²) in [5, 5.41) is 12.1. The van der Waals surface area contributed by atoms with Crippen LogP contribution in [0.1, 0.15) is 18.1 Å². The van der Waals surface area contributed by atoms with E-state index >= 15 is 0 Å². The Morgan fingerprint density at radius 3 is 2.73 bits per heavy atom. The number of para-hydroxylation sites is 1. The highest BCUT2D eigenvalue weighted by atomic mass is 35.5. The molecule has 0 aliphatic heterocycles. The fourth-order valence-corrected chi connectivity index (χ4v) is 3.55. The number of thioether (sulfide) groups is 1. The maximum Gasteiger partial charge on any atom is 0.233 e. The van der Waals surface area contributed by atoms with Crippen molar-refractivity contribution in [3.63, 3.8) is 0 Å². The Labute approximate surface area is 161 Å². The summed E-state index contributed by atoms with van der Waals surface area (Å²) in [6.07, 6.45) is 1.67. The summed E-state index contributed by atoms with van der Waals surface area (Å²) in [7, 11) is 0. The quantitative estimate of drug-likeness (QED) is 0.650. The molecule has 0 radical (unpaired) electrons. The van der Waals surface area contributed by atoms with Crippen molar-refractivity contribution >= 4 is 29.3 Å². The Bertz CT molecular complexity index is 912. The first-order chi connectivity index (χ1) is 12.6. The summed E-state index contributed by atoms with van der Waals surface area (Å²) < 4.78 is 1.90. The lowest BCUT2D eigenvalue weighted by molar-refractivity contribution is -0.120. The fourth-order valence-electron chi connectivity index (χ4n) is 2.48. The van der Waals surface area contributed by atoms with Gasteiger partial charge in [-0.05, 0) is 37.1 Å². The second-order valence-electron chi connectivity index (χ2n) is 5.84. The number of amides is 1. The molecule has 1 atom stereocenters. The smallest absolute Gasteiger partial charge is 0.233 e. The molecule has 26 heavy (non-hydrogen) atoms. The molecule has 0 aliphatic rings. The normalized spacial score (nSPS) is 12.0. The van der Waals surface area contributed by atoms with Crippen LogP contribution in [0.5, 0.6) is 0 Å². The summed E-state index contributed by atoms with van der Waals surface area (Å²) in [6, 6.07) is 15.5. The van der Waals surface area contributed by atoms with E-state index < -0.39 is 0 Å². The Balaban J connectivity index is 1.66. The molecule has 0 aliphatic carbocycles. The largest absolute Gasteiger partial charge is 0.351 e. The lowest BCUT2D eigenvalue weighted by Crippen LogP contribution is -2.30. The number of aryl methyl sites for hydroxylation is 1. The highest BCUT2D eigenvalue weighted by Crippen LogP contribution is 2.25. The van der Waals surface area contributed by atoms with Crippen LogP contribution in [-0.2, 0) is 11.3 Å². The minimum Gasteiger partial charge on any atom is -0.351 e. The molecule has 5 nitrogen and oxygen atoms in total. The molecule has 2 aromatic carbocycles. The van der Waals surface area contributed by atoms with Crippen LogP contribution in [0.15, 0.2) is 60.0 Å². The van der Waals surface area contributed by atoms with Crippen LogP contribution in [0, 0.1) is 6.92 Å². The Kier molecular flexibility index (Phi) is 5.96. The molecule has 1 aromatic heterocycles. The molecule has 3 rings (SSSR count). The van der Waals surface area contributed by atoms with Gasteiger partial charge in [-0.1, -0.05) is 59.8 Å². The molecule has 0 bridgehead atoms. The maximum absolute atomic E-state index is 12.4. The standard InChI is InChI=1S/C19H19ClN4OS/c1-13-7-3-6-10-17(13)24-12-22-23-19(24)26-14(2)18(25)21-11-15-8-4-5-9-16(15)20/h3-10,12,14H,11H2,1-2H3,(H,21,25). The first-order valence-electron chi connectivity index (χ1n) is 8.20. The molecule has 1 N–H and O–H groups in total. The van der Waals surface area contributed by atoms with Crippen LogP contribution in [0.25, 0.3) is 5.69 Å². The van der Waals surface area contributed by atoms with Gasteiger partial charge in [0.1, 0.15) is 6.33 Å². The second kappa shape index (κ2) is 8.38. The molecule has 3 aromatic rings. The molecule has 1 unspecified atom stereocenters. The number of carbonyl (C=O) groups is 1. The zero-order valence-electron chi connectivity index (χ0n) is 14.5. The zero-order chi connectivity index (χ0) is 18.5. The number of rotatable bonds is 6. The lowest BCUT2D eigenvalue weighted by atomic mass is 10.2. The second-order valence-corrected chi connectivity index (χ2v) is 7.55. The van der Waals surface area contributed by atoms with Crippen molar-refractivity contribution in [1.82, 2.24) is 20.1 Å². The molecular weight excluding hydrogens is 368 g/mol. The minimum atomic E-state index is -0.315. The van der Waals surface area contributed by atoms with E-state index in [9.17, 15) is 4.79 Å². The van der Waals surface area contributed by atoms with Crippen LogP contribution in [0.3, 0.4) is 0 Å². The number of carbonyl (C=O) groups excluding carboxylic acids is 1. The van der Waals surface area contributed by atoms with Crippen LogP contribution in [-0.4, -0.2) is 25.9 Å². The first kappa shape index (κ1) is 18.5. The van der Waals surface area contributed by atoms with Crippen LogP contribution in [0.2, 0.25) is 5.02 Å². The predicted molar refractivity (Wildman–Crippen MR) is 105 cm³/mol. The minimum absolute atomic E-state index is 0.0748. The predicted octanol–water partition coefficient (Wildman–Crippen LogP) is 4.03. The van der Waals surface area contributed by atoms with Gasteiger partial charge in [-0.15, -0.1) is 10.2 Å². The third kappa shape index (κ3) is 4.26. The van der Waals surface area contributed by atoms with E-state index in [4.69, 9.17) is 11.6 Å². The van der Waals surface area contributed by atoms with Crippen molar-refractivity contribution < 1.29 is 4.79 Å². The van der Waals surface area contributed by atoms with E-state index in [2.05, 4.69) is 15.5 Å². The van der Waals surface area contributed by atoms with Gasteiger partial charge in [0.25, 0.3) is 0 Å². The SMILES string of the molecule is Cc1ccccc1-n1cnnc1SC(C)C(=O)NCc1ccccc1Cl. The number of aromatic nitrogens is 3. The van der Waals surface area contributed by atoms with Gasteiger partial charge < -0.3 is 5.32 Å². The maximum atomic E-state index is 12.4. The number of benzene rings is 2. The number of nitrogens with zero attached hydrogens (tertiary/aromatic N) is 3. The van der Waals surface area contributed by atoms with E-state index in [0.717, 1.165) is 16.8 Å². The third-order valence-corrected chi connectivity index (χ3v) is 5.38. The van der Waals surface area contributed by atoms with Crippen molar-refractivity contribution in [1.29, 1.82) is 0 Å². The van der Waals surface area contributed by atoms with E-state index in [-0.39, 0.29) is 11.2 Å². The van der Waals surface area contributed by atoms with Crippen molar-refractivity contribution in [2.75, 3.05) is 0 Å². The van der Waals surface area contributed by atoms with Crippen molar-refractivity contribution in [3.8, 4) is 5.69 Å². The van der Waals surface area contributed by atoms with Crippen LogP contribution >= 0.6 is 23.4 Å². The molecule has 0 fully saturated rings. The molecule has 1 amide bonds. The van der Waals surface area contributed by atoms with E-state index in [0.29, 0.717) is 16.7 Å². The van der Waals surface area contributed by atoms with Gasteiger partial charge in [-0.25, -0.2) is 0 Å². The van der Waals surface area contributed by atoms with E-state index in [1.165, 1.54) is 11.8 Å². The fraction of sp³-hybridized carbons (Fsp3) is 0.211. The van der Waals surface area contributed by atoms with Crippen LogP contribution in [0.4, 0.5) is 0 Å². The number of hydrogen-bond donors (Lipinski definition) is 1. The monoisotopic (exact) mass is 386 g/mol. The summed E-state index contributed by atoms with van der Waals surface area (Å²) in [5.74, 6) is -0.0748. The molecule has 134 valence electrons. The van der Waals surface area contributed by atoms with Gasteiger partial charge in [0, 0.05) is 11.6 Å². The van der Waals surface area contributed by atoms with E-state index in [1.807, 2.05) is 66.9 Å². The number of hydrogen-bond acceptors (Lipinski definition) is 4. The van der Waals surface area contributed by atoms with Gasteiger partial charge in [0.05, 0.1) is 10.9 Å². The lowest BCUT2D eigenvalue weighted by Gasteiger charge is -2.14. The third-order valence-electron chi connectivity index (χ3n) is 3.95.